The SMILES string of the molecule is COc1cccc(CCNc2ccc(C(=O)N3CCN(C=O)CC3)nc2)c1. The third kappa shape index (κ3) is 4.97. The number of pyridine rings is 1. The Bertz CT molecular complexity index is 771. The molecule has 0 bridgehead atoms. The van der Waals surface area contributed by atoms with Crippen molar-refractivity contribution in [1.82, 2.24) is 14.8 Å². The molecule has 1 saturated heterocycles. The molecule has 2 amide bonds. The third-order valence-electron chi connectivity index (χ3n) is 4.61. The van der Waals surface area contributed by atoms with Crippen LogP contribution < -0.4 is 10.1 Å². The van der Waals surface area contributed by atoms with Crippen LogP contribution in [0.15, 0.2) is 42.6 Å². The number of rotatable bonds is 7. The Balaban J connectivity index is 1.49. The molecule has 0 radical (unpaired) electrons. The summed E-state index contributed by atoms with van der Waals surface area (Å²) < 4.78 is 5.23. The average molecular weight is 368 g/mol. The molecule has 0 atom stereocenters. The van der Waals surface area contributed by atoms with Crippen LogP contribution in [0.3, 0.4) is 0 Å². The molecular formula is C20H24N4O3. The van der Waals surface area contributed by atoms with E-state index in [-0.39, 0.29) is 5.91 Å². The van der Waals surface area contributed by atoms with Gasteiger partial charge < -0.3 is 19.9 Å². The van der Waals surface area contributed by atoms with E-state index in [2.05, 4.69) is 16.4 Å². The molecule has 0 saturated carbocycles. The Kier molecular flexibility index (Phi) is 6.25. The number of amides is 2. The molecule has 1 aromatic carbocycles. The number of methoxy groups -OCH3 is 1. The molecule has 3 rings (SSSR count). The van der Waals surface area contributed by atoms with Gasteiger partial charge in [-0.2, -0.15) is 0 Å². The Morgan fingerprint density at radius 1 is 1.22 bits per heavy atom. The molecular weight excluding hydrogens is 344 g/mol. The van der Waals surface area contributed by atoms with Crippen LogP contribution in [0.5, 0.6) is 5.75 Å². The first-order chi connectivity index (χ1) is 13.2. The van der Waals surface area contributed by atoms with Crippen LogP contribution in [0.4, 0.5) is 5.69 Å². The zero-order valence-electron chi connectivity index (χ0n) is 15.4. The van der Waals surface area contributed by atoms with Crippen LogP contribution in [0, 0.1) is 0 Å². The molecule has 1 fully saturated rings. The number of piperazine rings is 1. The molecule has 7 nitrogen and oxygen atoms in total. The van der Waals surface area contributed by atoms with Crippen molar-refractivity contribution in [2.24, 2.45) is 0 Å². The summed E-state index contributed by atoms with van der Waals surface area (Å²) in [6.07, 6.45) is 3.37. The number of hydrogen-bond donors (Lipinski definition) is 1. The predicted molar refractivity (Wildman–Crippen MR) is 103 cm³/mol. The summed E-state index contributed by atoms with van der Waals surface area (Å²) in [5.41, 5.74) is 2.49. The first-order valence-electron chi connectivity index (χ1n) is 9.01. The molecule has 2 aromatic rings. The fraction of sp³-hybridized carbons (Fsp3) is 0.350. The Morgan fingerprint density at radius 2 is 2.04 bits per heavy atom. The van der Waals surface area contributed by atoms with Crippen molar-refractivity contribution in [2.75, 3.05) is 45.2 Å². The summed E-state index contributed by atoms with van der Waals surface area (Å²) in [5, 5.41) is 3.32. The first-order valence-corrected chi connectivity index (χ1v) is 9.01. The van der Waals surface area contributed by atoms with Gasteiger partial charge in [-0.3, -0.25) is 9.59 Å². The maximum atomic E-state index is 12.5. The van der Waals surface area contributed by atoms with E-state index >= 15 is 0 Å². The molecule has 1 aromatic heterocycles. The highest BCUT2D eigenvalue weighted by Crippen LogP contribution is 2.14. The second kappa shape index (κ2) is 9.02. The van der Waals surface area contributed by atoms with Gasteiger partial charge in [0.05, 0.1) is 19.0 Å². The molecule has 142 valence electrons. The van der Waals surface area contributed by atoms with E-state index in [9.17, 15) is 9.59 Å². The standard InChI is InChI=1S/C20H24N4O3/c1-27-18-4-2-3-16(13-18)7-8-21-17-5-6-19(22-14-17)20(26)24-11-9-23(15-25)10-12-24/h2-6,13-15,21H,7-12H2,1H3. The van der Waals surface area contributed by atoms with E-state index in [0.717, 1.165) is 30.8 Å². The lowest BCUT2D eigenvalue weighted by atomic mass is 10.1. The molecule has 1 N–H and O–H groups in total. The van der Waals surface area contributed by atoms with Crippen molar-refractivity contribution in [3.8, 4) is 5.75 Å². The quantitative estimate of drug-likeness (QED) is 0.753. The zero-order valence-corrected chi connectivity index (χ0v) is 15.4. The number of carbonyl (C=O) groups excluding carboxylic acids is 2. The van der Waals surface area contributed by atoms with E-state index in [4.69, 9.17) is 4.74 Å². The van der Waals surface area contributed by atoms with Gasteiger partial charge in [-0.05, 0) is 36.2 Å². The van der Waals surface area contributed by atoms with Crippen molar-refractivity contribution in [3.05, 3.63) is 53.9 Å². The Labute approximate surface area is 158 Å². The molecule has 27 heavy (non-hydrogen) atoms. The van der Waals surface area contributed by atoms with Crippen molar-refractivity contribution >= 4 is 18.0 Å². The van der Waals surface area contributed by atoms with Gasteiger partial charge in [0.25, 0.3) is 5.91 Å². The fourth-order valence-electron chi connectivity index (χ4n) is 3.00. The third-order valence-corrected chi connectivity index (χ3v) is 4.61. The van der Waals surface area contributed by atoms with E-state index < -0.39 is 0 Å². The van der Waals surface area contributed by atoms with Gasteiger partial charge in [-0.25, -0.2) is 4.98 Å². The number of nitrogens with one attached hydrogen (secondary N) is 1. The summed E-state index contributed by atoms with van der Waals surface area (Å²) >= 11 is 0. The first kappa shape index (κ1) is 18.7. The van der Waals surface area contributed by atoms with E-state index in [1.165, 1.54) is 5.56 Å². The summed E-state index contributed by atoms with van der Waals surface area (Å²) in [6.45, 7) is 2.98. The number of anilines is 1. The monoisotopic (exact) mass is 368 g/mol. The van der Waals surface area contributed by atoms with Crippen LogP contribution in [-0.4, -0.2) is 66.9 Å². The second-order valence-corrected chi connectivity index (χ2v) is 6.39. The molecule has 7 heteroatoms. The molecule has 1 aliphatic rings. The highest BCUT2D eigenvalue weighted by atomic mass is 16.5. The van der Waals surface area contributed by atoms with Gasteiger partial charge in [0.15, 0.2) is 0 Å². The van der Waals surface area contributed by atoms with E-state index in [1.54, 1.807) is 29.2 Å². The normalized spacial score (nSPS) is 14.0. The maximum absolute atomic E-state index is 12.5. The highest BCUT2D eigenvalue weighted by molar-refractivity contribution is 5.92. The van der Waals surface area contributed by atoms with Gasteiger partial charge in [-0.15, -0.1) is 0 Å². The number of aromatic nitrogens is 1. The largest absolute Gasteiger partial charge is 0.497 e. The van der Waals surface area contributed by atoms with Crippen LogP contribution in [0.25, 0.3) is 0 Å². The summed E-state index contributed by atoms with van der Waals surface area (Å²) in [6, 6.07) is 11.6. The maximum Gasteiger partial charge on any atom is 0.272 e. The number of nitrogens with zero attached hydrogens (tertiary/aromatic N) is 3. The molecule has 2 heterocycles. The fourth-order valence-corrected chi connectivity index (χ4v) is 3.00. The van der Waals surface area contributed by atoms with Crippen molar-refractivity contribution in [1.29, 1.82) is 0 Å². The Hall–Kier alpha value is -3.09. The topological polar surface area (TPSA) is 74.8 Å². The van der Waals surface area contributed by atoms with Gasteiger partial charge in [0.2, 0.25) is 6.41 Å². The van der Waals surface area contributed by atoms with Gasteiger partial charge in [0, 0.05) is 32.7 Å². The minimum atomic E-state index is -0.0940. The van der Waals surface area contributed by atoms with Gasteiger partial charge in [0.1, 0.15) is 11.4 Å². The Morgan fingerprint density at radius 3 is 2.70 bits per heavy atom. The number of carbonyl (C=O) groups is 2. The zero-order chi connectivity index (χ0) is 19.1. The molecule has 1 aliphatic heterocycles. The second-order valence-electron chi connectivity index (χ2n) is 6.39. The van der Waals surface area contributed by atoms with Crippen molar-refractivity contribution < 1.29 is 14.3 Å². The van der Waals surface area contributed by atoms with Crippen LogP contribution in [-0.2, 0) is 11.2 Å². The van der Waals surface area contributed by atoms with Gasteiger partial charge >= 0.3 is 0 Å². The summed E-state index contributed by atoms with van der Waals surface area (Å²) in [5.74, 6) is 0.759. The van der Waals surface area contributed by atoms with E-state index in [0.29, 0.717) is 31.9 Å². The average Bonchev–Trinajstić information content (AvgIpc) is 2.74. The molecule has 0 unspecified atom stereocenters. The smallest absolute Gasteiger partial charge is 0.272 e. The summed E-state index contributed by atoms with van der Waals surface area (Å²) in [7, 11) is 1.66. The van der Waals surface area contributed by atoms with Crippen LogP contribution in [0.1, 0.15) is 16.1 Å². The highest BCUT2D eigenvalue weighted by Gasteiger charge is 2.21. The number of hydrogen-bond acceptors (Lipinski definition) is 5. The number of benzene rings is 1. The lowest BCUT2D eigenvalue weighted by molar-refractivity contribution is -0.119. The summed E-state index contributed by atoms with van der Waals surface area (Å²) in [4.78, 5) is 30.9. The lowest BCUT2D eigenvalue weighted by Gasteiger charge is -2.32. The molecule has 0 aliphatic carbocycles. The van der Waals surface area contributed by atoms with Crippen molar-refractivity contribution in [2.45, 2.75) is 6.42 Å². The lowest BCUT2D eigenvalue weighted by Crippen LogP contribution is -2.48. The minimum absolute atomic E-state index is 0.0940. The predicted octanol–water partition coefficient (Wildman–Crippen LogP) is 1.66. The molecule has 0 spiro atoms. The van der Waals surface area contributed by atoms with Gasteiger partial charge in [-0.1, -0.05) is 12.1 Å². The van der Waals surface area contributed by atoms with Crippen molar-refractivity contribution in [3.63, 3.8) is 0 Å². The van der Waals surface area contributed by atoms with Crippen LogP contribution >= 0.6 is 0 Å². The van der Waals surface area contributed by atoms with E-state index in [1.807, 2.05) is 24.3 Å². The minimum Gasteiger partial charge on any atom is -0.497 e. The van der Waals surface area contributed by atoms with Crippen LogP contribution in [0.2, 0.25) is 0 Å². The number of ether oxygens (including phenoxy) is 1.